The number of aromatic nitrogens is 2. The Kier molecular flexibility index (Phi) is 5.08. The number of hydrogen-bond donors (Lipinski definition) is 1. The van der Waals surface area contributed by atoms with Gasteiger partial charge in [-0.25, -0.2) is 0 Å². The van der Waals surface area contributed by atoms with Crippen LogP contribution in [0.2, 0.25) is 0 Å². The Bertz CT molecular complexity index is 333. The zero-order valence-corrected chi connectivity index (χ0v) is 11.5. The monoisotopic (exact) mass is 248 g/mol. The Morgan fingerprint density at radius 2 is 2.33 bits per heavy atom. The molecule has 4 nitrogen and oxygen atoms in total. The minimum atomic E-state index is 0.550. The zero-order chi connectivity index (χ0) is 12.8. The number of nitrogens with one attached hydrogen (secondary N) is 1. The minimum Gasteiger partial charge on any atom is -0.316 e. The van der Waals surface area contributed by atoms with Gasteiger partial charge in [-0.2, -0.15) is 0 Å². The Balaban J connectivity index is 1.91. The van der Waals surface area contributed by atoms with Crippen LogP contribution < -0.4 is 5.32 Å². The second kappa shape index (κ2) is 6.81. The summed E-state index contributed by atoms with van der Waals surface area (Å²) in [6.45, 7) is 8.91. The average Bonchev–Trinajstić information content (AvgIpc) is 2.40. The highest BCUT2D eigenvalue weighted by Crippen LogP contribution is 2.15. The van der Waals surface area contributed by atoms with E-state index in [2.05, 4.69) is 34.0 Å². The third-order valence-electron chi connectivity index (χ3n) is 3.60. The fraction of sp³-hybridized carbons (Fsp3) is 0.714. The third kappa shape index (κ3) is 4.03. The van der Waals surface area contributed by atoms with Crippen LogP contribution >= 0.6 is 0 Å². The van der Waals surface area contributed by atoms with Crippen LogP contribution in [0, 0.1) is 5.92 Å². The normalized spacial score (nSPS) is 20.6. The van der Waals surface area contributed by atoms with Gasteiger partial charge in [-0.05, 0) is 45.7 Å². The summed E-state index contributed by atoms with van der Waals surface area (Å²) >= 11 is 0. The second-order valence-corrected chi connectivity index (χ2v) is 5.43. The van der Waals surface area contributed by atoms with Crippen molar-refractivity contribution in [1.82, 2.24) is 20.2 Å². The molecule has 1 N–H and O–H groups in total. The molecule has 0 radical (unpaired) electrons. The Labute approximate surface area is 110 Å². The molecule has 0 aliphatic carbocycles. The zero-order valence-electron chi connectivity index (χ0n) is 11.5. The molecule has 18 heavy (non-hydrogen) atoms. The Morgan fingerprint density at radius 3 is 2.94 bits per heavy atom. The standard InChI is InChI=1S/C14H24N4/c1-12(2)18(10-13-4-3-5-15-8-13)11-14-9-16-6-7-17-14/h6-7,9,12-13,15H,3-5,8,10-11H2,1-2H3. The van der Waals surface area contributed by atoms with Crippen LogP contribution in [0.25, 0.3) is 0 Å². The lowest BCUT2D eigenvalue weighted by Crippen LogP contribution is -2.40. The summed E-state index contributed by atoms with van der Waals surface area (Å²) in [7, 11) is 0. The molecule has 1 aromatic heterocycles. The maximum absolute atomic E-state index is 4.37. The maximum atomic E-state index is 4.37. The minimum absolute atomic E-state index is 0.550. The molecule has 100 valence electrons. The van der Waals surface area contributed by atoms with Gasteiger partial charge in [-0.15, -0.1) is 0 Å². The fourth-order valence-electron chi connectivity index (χ4n) is 2.49. The van der Waals surface area contributed by atoms with Gasteiger partial charge in [0, 0.05) is 37.7 Å². The molecular weight excluding hydrogens is 224 g/mol. The van der Waals surface area contributed by atoms with Gasteiger partial charge < -0.3 is 5.32 Å². The predicted octanol–water partition coefficient (Wildman–Crippen LogP) is 1.69. The van der Waals surface area contributed by atoms with E-state index in [-0.39, 0.29) is 0 Å². The van der Waals surface area contributed by atoms with Crippen LogP contribution in [0.4, 0.5) is 0 Å². The molecule has 0 saturated carbocycles. The van der Waals surface area contributed by atoms with Gasteiger partial charge in [0.25, 0.3) is 0 Å². The molecule has 1 unspecified atom stereocenters. The van der Waals surface area contributed by atoms with E-state index in [1.165, 1.54) is 19.4 Å². The molecule has 4 heteroatoms. The maximum Gasteiger partial charge on any atom is 0.0726 e. The quantitative estimate of drug-likeness (QED) is 0.861. The molecule has 2 rings (SSSR count). The van der Waals surface area contributed by atoms with Gasteiger partial charge in [0.05, 0.1) is 5.69 Å². The van der Waals surface area contributed by atoms with Gasteiger partial charge >= 0.3 is 0 Å². The van der Waals surface area contributed by atoms with Crippen LogP contribution in [0.1, 0.15) is 32.4 Å². The van der Waals surface area contributed by atoms with E-state index >= 15 is 0 Å². The van der Waals surface area contributed by atoms with Crippen molar-refractivity contribution >= 4 is 0 Å². The molecule has 1 aromatic rings. The Morgan fingerprint density at radius 1 is 1.44 bits per heavy atom. The van der Waals surface area contributed by atoms with Crippen molar-refractivity contribution in [3.05, 3.63) is 24.3 Å². The van der Waals surface area contributed by atoms with Gasteiger partial charge in [0.1, 0.15) is 0 Å². The number of nitrogens with zero attached hydrogens (tertiary/aromatic N) is 3. The number of hydrogen-bond acceptors (Lipinski definition) is 4. The van der Waals surface area contributed by atoms with E-state index in [4.69, 9.17) is 0 Å². The fourth-order valence-corrected chi connectivity index (χ4v) is 2.49. The molecule has 1 atom stereocenters. The largest absolute Gasteiger partial charge is 0.316 e. The lowest BCUT2D eigenvalue weighted by molar-refractivity contribution is 0.162. The van der Waals surface area contributed by atoms with Crippen molar-refractivity contribution in [2.45, 2.75) is 39.3 Å². The molecule has 1 saturated heterocycles. The SMILES string of the molecule is CC(C)N(Cc1cnccn1)CC1CCCNC1. The van der Waals surface area contributed by atoms with Crippen LogP contribution in [0.5, 0.6) is 0 Å². The van der Waals surface area contributed by atoms with Gasteiger partial charge in [0.15, 0.2) is 0 Å². The topological polar surface area (TPSA) is 41.1 Å². The van der Waals surface area contributed by atoms with Crippen molar-refractivity contribution < 1.29 is 0 Å². The first kappa shape index (κ1) is 13.4. The summed E-state index contributed by atoms with van der Waals surface area (Å²) < 4.78 is 0. The number of piperidine rings is 1. The average molecular weight is 248 g/mol. The van der Waals surface area contributed by atoms with E-state index in [9.17, 15) is 0 Å². The van der Waals surface area contributed by atoms with Crippen LogP contribution in [-0.2, 0) is 6.54 Å². The third-order valence-corrected chi connectivity index (χ3v) is 3.60. The van der Waals surface area contributed by atoms with E-state index in [0.717, 1.165) is 31.2 Å². The van der Waals surface area contributed by atoms with Gasteiger partial charge in [-0.3, -0.25) is 14.9 Å². The molecule has 0 spiro atoms. The highest BCUT2D eigenvalue weighted by Gasteiger charge is 2.19. The van der Waals surface area contributed by atoms with Crippen LogP contribution in [0.15, 0.2) is 18.6 Å². The summed E-state index contributed by atoms with van der Waals surface area (Å²) in [6, 6.07) is 0.550. The summed E-state index contributed by atoms with van der Waals surface area (Å²) in [5.74, 6) is 0.776. The van der Waals surface area contributed by atoms with Crippen molar-refractivity contribution in [1.29, 1.82) is 0 Å². The molecular formula is C14H24N4. The van der Waals surface area contributed by atoms with Gasteiger partial charge in [-0.1, -0.05) is 0 Å². The van der Waals surface area contributed by atoms with E-state index < -0.39 is 0 Å². The molecule has 0 amide bonds. The molecule has 0 aromatic carbocycles. The van der Waals surface area contributed by atoms with Crippen molar-refractivity contribution in [3.8, 4) is 0 Å². The first-order valence-corrected chi connectivity index (χ1v) is 6.95. The van der Waals surface area contributed by atoms with Crippen LogP contribution in [0.3, 0.4) is 0 Å². The lowest BCUT2D eigenvalue weighted by Gasteiger charge is -2.32. The molecule has 0 bridgehead atoms. The molecule has 2 heterocycles. The van der Waals surface area contributed by atoms with E-state index in [1.807, 2.05) is 6.20 Å². The highest BCUT2D eigenvalue weighted by molar-refractivity contribution is 4.95. The van der Waals surface area contributed by atoms with E-state index in [1.54, 1.807) is 12.4 Å². The molecule has 1 fully saturated rings. The first-order valence-electron chi connectivity index (χ1n) is 6.95. The van der Waals surface area contributed by atoms with Crippen molar-refractivity contribution in [3.63, 3.8) is 0 Å². The molecule has 1 aliphatic heterocycles. The van der Waals surface area contributed by atoms with Crippen LogP contribution in [-0.4, -0.2) is 40.5 Å². The number of rotatable bonds is 5. The smallest absolute Gasteiger partial charge is 0.0726 e. The van der Waals surface area contributed by atoms with Crippen molar-refractivity contribution in [2.75, 3.05) is 19.6 Å². The summed E-state index contributed by atoms with van der Waals surface area (Å²) in [4.78, 5) is 11.0. The van der Waals surface area contributed by atoms with E-state index in [0.29, 0.717) is 6.04 Å². The summed E-state index contributed by atoms with van der Waals surface area (Å²) in [5, 5.41) is 3.49. The Hall–Kier alpha value is -1.00. The molecule has 1 aliphatic rings. The summed E-state index contributed by atoms with van der Waals surface area (Å²) in [6.07, 6.45) is 8.03. The highest BCUT2D eigenvalue weighted by atomic mass is 15.2. The second-order valence-electron chi connectivity index (χ2n) is 5.43. The lowest BCUT2D eigenvalue weighted by atomic mass is 9.98. The van der Waals surface area contributed by atoms with Gasteiger partial charge in [0.2, 0.25) is 0 Å². The van der Waals surface area contributed by atoms with Crippen molar-refractivity contribution in [2.24, 2.45) is 5.92 Å². The first-order chi connectivity index (χ1) is 8.75. The predicted molar refractivity (Wildman–Crippen MR) is 73.2 cm³/mol. The summed E-state index contributed by atoms with van der Waals surface area (Å²) in [5.41, 5.74) is 1.06.